The van der Waals surface area contributed by atoms with Crippen LogP contribution in [0.25, 0.3) is 0 Å². The second-order valence-corrected chi connectivity index (χ2v) is 6.79. The van der Waals surface area contributed by atoms with Gasteiger partial charge in [0.1, 0.15) is 0 Å². The van der Waals surface area contributed by atoms with Crippen molar-refractivity contribution in [3.8, 4) is 0 Å². The van der Waals surface area contributed by atoms with Crippen LogP contribution in [0.15, 0.2) is 18.2 Å². The van der Waals surface area contributed by atoms with Crippen LogP contribution in [0.3, 0.4) is 0 Å². The van der Waals surface area contributed by atoms with Gasteiger partial charge in [0.2, 0.25) is 0 Å². The fourth-order valence-electron chi connectivity index (χ4n) is 3.42. The smallest absolute Gasteiger partial charge is 0.0465 e. The van der Waals surface area contributed by atoms with Gasteiger partial charge in [0.05, 0.1) is 0 Å². The third kappa shape index (κ3) is 3.08. The first-order valence-corrected chi connectivity index (χ1v) is 7.80. The molecule has 4 heteroatoms. The van der Waals surface area contributed by atoms with Crippen molar-refractivity contribution in [1.82, 2.24) is 10.2 Å². The summed E-state index contributed by atoms with van der Waals surface area (Å²) in [6, 6.07) is 5.83. The van der Waals surface area contributed by atoms with Crippen LogP contribution >= 0.6 is 23.2 Å². The van der Waals surface area contributed by atoms with Crippen molar-refractivity contribution in [3.63, 3.8) is 0 Å². The largest absolute Gasteiger partial charge is 0.317 e. The first-order chi connectivity index (χ1) is 9.17. The van der Waals surface area contributed by atoms with Crippen molar-refractivity contribution in [3.05, 3.63) is 33.8 Å². The molecule has 3 rings (SSSR count). The lowest BCUT2D eigenvalue weighted by Crippen LogP contribution is -2.38. The van der Waals surface area contributed by atoms with E-state index in [1.807, 2.05) is 12.1 Å². The third-order valence-electron chi connectivity index (χ3n) is 4.59. The van der Waals surface area contributed by atoms with Crippen LogP contribution < -0.4 is 5.32 Å². The lowest BCUT2D eigenvalue weighted by Gasteiger charge is -2.34. The Labute approximate surface area is 125 Å². The molecule has 0 aromatic heterocycles. The van der Waals surface area contributed by atoms with Gasteiger partial charge in [0.25, 0.3) is 0 Å². The summed E-state index contributed by atoms with van der Waals surface area (Å²) in [6.45, 7) is 5.71. The van der Waals surface area contributed by atoms with Crippen LogP contribution in [0.4, 0.5) is 0 Å². The molecule has 2 fully saturated rings. The lowest BCUT2D eigenvalue weighted by atomic mass is 9.78. The van der Waals surface area contributed by atoms with Gasteiger partial charge in [-0.25, -0.2) is 0 Å². The first kappa shape index (κ1) is 13.7. The zero-order valence-corrected chi connectivity index (χ0v) is 12.6. The number of likely N-dealkylation sites (tertiary alicyclic amines) is 1. The minimum atomic E-state index is 0.560. The van der Waals surface area contributed by atoms with Crippen molar-refractivity contribution in [2.24, 2.45) is 5.41 Å². The predicted molar refractivity (Wildman–Crippen MR) is 80.9 cm³/mol. The Bertz CT molecular complexity index is 455. The fourth-order valence-corrected chi connectivity index (χ4v) is 3.89. The van der Waals surface area contributed by atoms with E-state index in [2.05, 4.69) is 16.3 Å². The molecule has 1 aromatic rings. The molecule has 1 aromatic carbocycles. The molecule has 2 aliphatic rings. The van der Waals surface area contributed by atoms with Gasteiger partial charge in [0.15, 0.2) is 0 Å². The summed E-state index contributed by atoms with van der Waals surface area (Å²) in [6.07, 6.45) is 3.97. The summed E-state index contributed by atoms with van der Waals surface area (Å²) in [4.78, 5) is 2.54. The average Bonchev–Trinajstić information content (AvgIpc) is 2.77. The Morgan fingerprint density at radius 3 is 2.68 bits per heavy atom. The lowest BCUT2D eigenvalue weighted by molar-refractivity contribution is 0.194. The number of rotatable bonds is 2. The highest BCUT2D eigenvalue weighted by molar-refractivity contribution is 6.35. The molecule has 0 saturated carbocycles. The van der Waals surface area contributed by atoms with E-state index in [0.29, 0.717) is 10.4 Å². The highest BCUT2D eigenvalue weighted by atomic mass is 35.5. The number of halogens is 2. The van der Waals surface area contributed by atoms with Gasteiger partial charge < -0.3 is 5.32 Å². The van der Waals surface area contributed by atoms with E-state index < -0.39 is 0 Å². The molecular weight excluding hydrogens is 279 g/mol. The van der Waals surface area contributed by atoms with E-state index in [1.165, 1.54) is 51.0 Å². The molecule has 0 aliphatic carbocycles. The summed E-state index contributed by atoms with van der Waals surface area (Å²) in [5, 5.41) is 4.96. The molecule has 104 valence electrons. The van der Waals surface area contributed by atoms with Crippen molar-refractivity contribution in [2.75, 3.05) is 26.2 Å². The minimum absolute atomic E-state index is 0.560. The highest BCUT2D eigenvalue weighted by Gasteiger charge is 2.38. The maximum absolute atomic E-state index is 6.26. The summed E-state index contributed by atoms with van der Waals surface area (Å²) in [7, 11) is 0. The number of nitrogens with one attached hydrogen (secondary N) is 1. The van der Waals surface area contributed by atoms with Crippen molar-refractivity contribution in [1.29, 1.82) is 0 Å². The molecule has 2 aliphatic heterocycles. The third-order valence-corrected chi connectivity index (χ3v) is 5.18. The molecule has 0 amide bonds. The van der Waals surface area contributed by atoms with Crippen molar-refractivity contribution < 1.29 is 0 Å². The van der Waals surface area contributed by atoms with Crippen LogP contribution in [0, 0.1) is 5.41 Å². The van der Waals surface area contributed by atoms with Gasteiger partial charge in [0, 0.05) is 23.1 Å². The molecule has 0 atom stereocenters. The number of benzene rings is 1. The van der Waals surface area contributed by atoms with Gasteiger partial charge in [-0.2, -0.15) is 0 Å². The molecule has 0 bridgehead atoms. The highest BCUT2D eigenvalue weighted by Crippen LogP contribution is 2.39. The molecule has 0 radical (unpaired) electrons. The second kappa shape index (κ2) is 5.61. The van der Waals surface area contributed by atoms with Crippen LogP contribution in [0.2, 0.25) is 10.0 Å². The van der Waals surface area contributed by atoms with Gasteiger partial charge in [-0.3, -0.25) is 4.90 Å². The second-order valence-electron chi connectivity index (χ2n) is 5.95. The summed E-state index contributed by atoms with van der Waals surface area (Å²) >= 11 is 12.2. The maximum atomic E-state index is 6.26. The molecule has 0 unspecified atom stereocenters. The van der Waals surface area contributed by atoms with Gasteiger partial charge in [-0.05, 0) is 62.0 Å². The maximum Gasteiger partial charge on any atom is 0.0465 e. The normalized spacial score (nSPS) is 23.1. The molecule has 2 heterocycles. The Kier molecular flexibility index (Phi) is 4.04. The van der Waals surface area contributed by atoms with Crippen LogP contribution in [0.1, 0.15) is 24.8 Å². The topological polar surface area (TPSA) is 15.3 Å². The van der Waals surface area contributed by atoms with Crippen LogP contribution in [-0.4, -0.2) is 31.1 Å². The average molecular weight is 299 g/mol. The Morgan fingerprint density at radius 1 is 1.16 bits per heavy atom. The van der Waals surface area contributed by atoms with E-state index >= 15 is 0 Å². The fraction of sp³-hybridized carbons (Fsp3) is 0.600. The molecule has 2 saturated heterocycles. The van der Waals surface area contributed by atoms with Crippen LogP contribution in [-0.2, 0) is 6.54 Å². The Hall–Kier alpha value is -0.280. The Balaban J connectivity index is 1.65. The molecule has 19 heavy (non-hydrogen) atoms. The van der Waals surface area contributed by atoms with Crippen LogP contribution in [0.5, 0.6) is 0 Å². The zero-order chi connectivity index (χ0) is 13.3. The number of nitrogens with zero attached hydrogens (tertiary/aromatic N) is 1. The van der Waals surface area contributed by atoms with Gasteiger partial charge in [-0.15, -0.1) is 0 Å². The summed E-state index contributed by atoms with van der Waals surface area (Å²) in [5.74, 6) is 0. The molecule has 2 nitrogen and oxygen atoms in total. The number of hydrogen-bond acceptors (Lipinski definition) is 2. The zero-order valence-electron chi connectivity index (χ0n) is 11.1. The quantitative estimate of drug-likeness (QED) is 0.898. The standard InChI is InChI=1S/C15H20Cl2N2/c16-13-2-1-12(14(17)9-13)10-19-8-5-15(11-19)3-6-18-7-4-15/h1-2,9,18H,3-8,10-11H2. The summed E-state index contributed by atoms with van der Waals surface area (Å²) < 4.78 is 0. The Morgan fingerprint density at radius 2 is 1.95 bits per heavy atom. The van der Waals surface area contributed by atoms with Gasteiger partial charge >= 0.3 is 0 Å². The molecular formula is C15H20Cl2N2. The van der Waals surface area contributed by atoms with E-state index in [9.17, 15) is 0 Å². The van der Waals surface area contributed by atoms with E-state index in [4.69, 9.17) is 23.2 Å². The predicted octanol–water partition coefficient (Wildman–Crippen LogP) is 3.57. The van der Waals surface area contributed by atoms with E-state index in [0.717, 1.165) is 11.6 Å². The van der Waals surface area contributed by atoms with E-state index in [-0.39, 0.29) is 0 Å². The van der Waals surface area contributed by atoms with Crippen molar-refractivity contribution >= 4 is 23.2 Å². The van der Waals surface area contributed by atoms with E-state index in [1.54, 1.807) is 0 Å². The minimum Gasteiger partial charge on any atom is -0.317 e. The monoisotopic (exact) mass is 298 g/mol. The molecule has 1 N–H and O–H groups in total. The van der Waals surface area contributed by atoms with Crippen molar-refractivity contribution in [2.45, 2.75) is 25.8 Å². The van der Waals surface area contributed by atoms with Gasteiger partial charge in [-0.1, -0.05) is 29.3 Å². The number of hydrogen-bond donors (Lipinski definition) is 1. The molecule has 1 spiro atoms. The number of piperidine rings is 1. The SMILES string of the molecule is Clc1ccc(CN2CCC3(CCNCC3)C2)c(Cl)c1. The first-order valence-electron chi connectivity index (χ1n) is 7.04. The summed E-state index contributed by atoms with van der Waals surface area (Å²) in [5.41, 5.74) is 1.75.